The molecule has 1 aromatic rings. The van der Waals surface area contributed by atoms with Gasteiger partial charge in [0.25, 0.3) is 5.91 Å². The third-order valence-corrected chi connectivity index (χ3v) is 4.04. The lowest BCUT2D eigenvalue weighted by atomic mass is 9.95. The largest absolute Gasteiger partial charge is 0.480 e. The zero-order valence-electron chi connectivity index (χ0n) is 11.4. The van der Waals surface area contributed by atoms with Crippen LogP contribution in [0.4, 0.5) is 0 Å². The average molecular weight is 294 g/mol. The molecule has 20 heavy (non-hydrogen) atoms. The molecule has 1 atom stereocenters. The number of nitrogens with zero attached hydrogens (tertiary/aromatic N) is 1. The molecule has 0 unspecified atom stereocenters. The Labute approximate surface area is 122 Å². The molecule has 0 fully saturated rings. The molecular weight excluding hydrogens is 276 g/mol. The van der Waals surface area contributed by atoms with Crippen LogP contribution in [0.3, 0.4) is 0 Å². The molecule has 0 radical (unpaired) electrons. The molecule has 0 bridgehead atoms. The molecule has 1 aliphatic rings. The van der Waals surface area contributed by atoms with Crippen molar-refractivity contribution in [2.24, 2.45) is 0 Å². The Morgan fingerprint density at radius 1 is 1.45 bits per heavy atom. The number of rotatable bonds is 5. The molecular formula is C14H18N2O3S. The van der Waals surface area contributed by atoms with Crippen LogP contribution < -0.4 is 5.32 Å². The Bertz CT molecular complexity index is 519. The van der Waals surface area contributed by atoms with Crippen LogP contribution in [0.5, 0.6) is 0 Å². The number of carbonyl (C=O) groups is 2. The minimum absolute atomic E-state index is 0.347. The van der Waals surface area contributed by atoms with E-state index in [1.807, 2.05) is 12.3 Å². The van der Waals surface area contributed by atoms with Crippen LogP contribution in [0.15, 0.2) is 12.3 Å². The van der Waals surface area contributed by atoms with Gasteiger partial charge in [-0.2, -0.15) is 11.8 Å². The third kappa shape index (κ3) is 3.50. The summed E-state index contributed by atoms with van der Waals surface area (Å²) in [5.41, 5.74) is 2.62. The van der Waals surface area contributed by atoms with Gasteiger partial charge in [0, 0.05) is 17.6 Å². The van der Waals surface area contributed by atoms with Crippen molar-refractivity contribution in [2.45, 2.75) is 31.7 Å². The summed E-state index contributed by atoms with van der Waals surface area (Å²) in [6.45, 7) is 0. The number of hydrogen-bond acceptors (Lipinski definition) is 4. The molecule has 0 aliphatic heterocycles. The summed E-state index contributed by atoms with van der Waals surface area (Å²) >= 11 is 1.39. The molecule has 0 saturated carbocycles. The van der Waals surface area contributed by atoms with Crippen molar-refractivity contribution in [3.05, 3.63) is 29.1 Å². The number of thioether (sulfide) groups is 1. The van der Waals surface area contributed by atoms with Crippen LogP contribution in [-0.2, 0) is 17.6 Å². The van der Waals surface area contributed by atoms with Crippen LogP contribution in [0, 0.1) is 0 Å². The molecule has 108 valence electrons. The van der Waals surface area contributed by atoms with E-state index in [1.54, 1.807) is 0 Å². The summed E-state index contributed by atoms with van der Waals surface area (Å²) in [4.78, 5) is 27.5. The van der Waals surface area contributed by atoms with Crippen molar-refractivity contribution in [1.82, 2.24) is 10.3 Å². The number of carboxylic acid groups (broad SMARTS) is 1. The maximum Gasteiger partial charge on any atom is 0.327 e. The fourth-order valence-corrected chi connectivity index (χ4v) is 2.85. The number of aliphatic carboxylic acids is 1. The molecule has 1 aliphatic carbocycles. The number of fused-ring (bicyclic) bond motifs is 1. The quantitative estimate of drug-likeness (QED) is 0.860. The lowest BCUT2D eigenvalue weighted by molar-refractivity contribution is -0.138. The van der Waals surface area contributed by atoms with Gasteiger partial charge in [-0.05, 0) is 43.6 Å². The zero-order valence-corrected chi connectivity index (χ0v) is 12.2. The van der Waals surface area contributed by atoms with Gasteiger partial charge in [0.2, 0.25) is 0 Å². The van der Waals surface area contributed by atoms with Crippen LogP contribution >= 0.6 is 11.8 Å². The van der Waals surface area contributed by atoms with Crippen LogP contribution in [0.1, 0.15) is 34.5 Å². The first-order valence-electron chi connectivity index (χ1n) is 6.62. The smallest absolute Gasteiger partial charge is 0.327 e. The molecule has 0 aromatic carbocycles. The van der Waals surface area contributed by atoms with Crippen LogP contribution in [0.25, 0.3) is 0 Å². The number of pyridine rings is 1. The van der Waals surface area contributed by atoms with Crippen molar-refractivity contribution in [2.75, 3.05) is 12.0 Å². The number of hydrogen-bond donors (Lipinski definition) is 2. The predicted octanol–water partition coefficient (Wildman–Crippen LogP) is 1.51. The minimum Gasteiger partial charge on any atom is -0.480 e. The van der Waals surface area contributed by atoms with Crippen molar-refractivity contribution in [1.29, 1.82) is 0 Å². The number of aryl methyl sites for hydroxylation is 2. The van der Waals surface area contributed by atoms with E-state index in [2.05, 4.69) is 10.3 Å². The van der Waals surface area contributed by atoms with Crippen molar-refractivity contribution >= 4 is 23.6 Å². The summed E-state index contributed by atoms with van der Waals surface area (Å²) in [6, 6.07) is 0.975. The second-order valence-corrected chi connectivity index (χ2v) is 5.77. The van der Waals surface area contributed by atoms with E-state index in [0.29, 0.717) is 11.3 Å². The first kappa shape index (κ1) is 14.8. The van der Waals surface area contributed by atoms with E-state index in [1.165, 1.54) is 18.0 Å². The van der Waals surface area contributed by atoms with Gasteiger partial charge in [0.05, 0.1) is 5.56 Å². The van der Waals surface area contributed by atoms with Gasteiger partial charge in [-0.15, -0.1) is 0 Å². The monoisotopic (exact) mass is 294 g/mol. The highest BCUT2D eigenvalue weighted by Gasteiger charge is 2.21. The van der Waals surface area contributed by atoms with Gasteiger partial charge < -0.3 is 10.4 Å². The Morgan fingerprint density at radius 2 is 2.20 bits per heavy atom. The summed E-state index contributed by atoms with van der Waals surface area (Å²) in [5, 5.41) is 11.6. The molecule has 5 nitrogen and oxygen atoms in total. The van der Waals surface area contributed by atoms with Crippen molar-refractivity contribution in [3.63, 3.8) is 0 Å². The lowest BCUT2D eigenvalue weighted by Crippen LogP contribution is -2.42. The molecule has 1 aromatic heterocycles. The Kier molecular flexibility index (Phi) is 5.00. The molecule has 0 spiro atoms. The Balaban J connectivity index is 2.10. The molecule has 2 N–H and O–H groups in total. The van der Waals surface area contributed by atoms with Gasteiger partial charge in [-0.25, -0.2) is 4.79 Å². The van der Waals surface area contributed by atoms with Crippen LogP contribution in [-0.4, -0.2) is 40.0 Å². The van der Waals surface area contributed by atoms with E-state index in [4.69, 9.17) is 5.11 Å². The number of carbonyl (C=O) groups excluding carboxylic acids is 1. The van der Waals surface area contributed by atoms with E-state index in [0.717, 1.165) is 36.9 Å². The first-order valence-corrected chi connectivity index (χ1v) is 8.01. The molecule has 1 amide bonds. The van der Waals surface area contributed by atoms with Gasteiger partial charge in [-0.3, -0.25) is 9.78 Å². The fourth-order valence-electron chi connectivity index (χ4n) is 2.30. The third-order valence-electron chi connectivity index (χ3n) is 3.37. The van der Waals surface area contributed by atoms with Gasteiger partial charge >= 0.3 is 5.97 Å². The van der Waals surface area contributed by atoms with E-state index in [9.17, 15) is 9.59 Å². The highest BCUT2D eigenvalue weighted by Crippen LogP contribution is 2.20. The van der Waals surface area contributed by atoms with Crippen molar-refractivity contribution in [3.8, 4) is 0 Å². The van der Waals surface area contributed by atoms with E-state index >= 15 is 0 Å². The highest BCUT2D eigenvalue weighted by atomic mass is 32.2. The van der Waals surface area contributed by atoms with Gasteiger partial charge in [0.15, 0.2) is 0 Å². The maximum atomic E-state index is 12.1. The van der Waals surface area contributed by atoms with Gasteiger partial charge in [0.1, 0.15) is 6.04 Å². The molecule has 1 heterocycles. The molecule has 6 heteroatoms. The molecule has 2 rings (SSSR count). The first-order chi connectivity index (χ1) is 9.61. The molecule has 0 saturated heterocycles. The standard InChI is InChI=1S/C14H18N2O3S/c1-20-8-12(14(18)19)16-13(17)10-6-9-4-2-3-5-11(9)15-7-10/h6-7,12H,2-5,8H2,1H3,(H,16,17)(H,18,19)/t12-/m0/s1. The van der Waals surface area contributed by atoms with E-state index < -0.39 is 12.0 Å². The number of amides is 1. The lowest BCUT2D eigenvalue weighted by Gasteiger charge is -2.17. The summed E-state index contributed by atoms with van der Waals surface area (Å²) in [5.74, 6) is -1.04. The fraction of sp³-hybridized carbons (Fsp3) is 0.500. The van der Waals surface area contributed by atoms with E-state index in [-0.39, 0.29) is 5.91 Å². The second kappa shape index (κ2) is 6.74. The summed E-state index contributed by atoms with van der Waals surface area (Å²) in [6.07, 6.45) is 7.50. The number of carboxylic acids is 1. The highest BCUT2D eigenvalue weighted by molar-refractivity contribution is 7.98. The number of nitrogens with one attached hydrogen (secondary N) is 1. The maximum absolute atomic E-state index is 12.1. The van der Waals surface area contributed by atoms with Crippen LogP contribution in [0.2, 0.25) is 0 Å². The topological polar surface area (TPSA) is 79.3 Å². The van der Waals surface area contributed by atoms with Gasteiger partial charge in [-0.1, -0.05) is 0 Å². The summed E-state index contributed by atoms with van der Waals surface area (Å²) < 4.78 is 0. The number of aromatic nitrogens is 1. The normalized spacial score (nSPS) is 15.2. The Morgan fingerprint density at radius 3 is 2.90 bits per heavy atom. The SMILES string of the molecule is CSC[C@H](NC(=O)c1cnc2c(c1)CCCC2)C(=O)O. The minimum atomic E-state index is -1.02. The predicted molar refractivity (Wildman–Crippen MR) is 78.2 cm³/mol. The zero-order chi connectivity index (χ0) is 14.5. The Hall–Kier alpha value is -1.56. The summed E-state index contributed by atoms with van der Waals surface area (Å²) in [7, 11) is 0. The van der Waals surface area contributed by atoms with Crippen molar-refractivity contribution < 1.29 is 14.7 Å². The second-order valence-electron chi connectivity index (χ2n) is 4.86. The average Bonchev–Trinajstić information content (AvgIpc) is 2.46.